The molecular weight excluding hydrogens is 262 g/mol. The number of fused-ring (bicyclic) bond motifs is 1. The molecule has 21 heavy (non-hydrogen) atoms. The first-order chi connectivity index (χ1) is 10.2. The van der Waals surface area contributed by atoms with Gasteiger partial charge in [-0.05, 0) is 54.8 Å². The van der Waals surface area contributed by atoms with E-state index in [-0.39, 0.29) is 6.61 Å². The molecule has 0 saturated carbocycles. The molecule has 0 aliphatic heterocycles. The molecule has 0 spiro atoms. The number of benzene rings is 2. The first-order valence-corrected chi connectivity index (χ1v) is 6.86. The van der Waals surface area contributed by atoms with Gasteiger partial charge in [-0.15, -0.1) is 0 Å². The summed E-state index contributed by atoms with van der Waals surface area (Å²) < 4.78 is 0. The van der Waals surface area contributed by atoms with E-state index in [9.17, 15) is 5.11 Å². The van der Waals surface area contributed by atoms with Crippen molar-refractivity contribution in [3.8, 4) is 0 Å². The van der Waals surface area contributed by atoms with Gasteiger partial charge in [0.1, 0.15) is 12.1 Å². The lowest BCUT2D eigenvalue weighted by atomic mass is 10.1. The highest BCUT2D eigenvalue weighted by atomic mass is 16.3. The molecule has 0 fully saturated rings. The monoisotopic (exact) mass is 279 g/mol. The Morgan fingerprint density at radius 3 is 2.67 bits per heavy atom. The lowest BCUT2D eigenvalue weighted by molar-refractivity contribution is 0.282. The number of aromatic nitrogens is 2. The number of hydrogen-bond donors (Lipinski definition) is 2. The van der Waals surface area contributed by atoms with Crippen LogP contribution in [0.3, 0.4) is 0 Å². The number of nitrogens with one attached hydrogen (secondary N) is 1. The van der Waals surface area contributed by atoms with Crippen molar-refractivity contribution >= 4 is 22.4 Å². The Hall–Kier alpha value is -2.46. The molecule has 1 heterocycles. The first kappa shape index (κ1) is 13.5. The second-order valence-corrected chi connectivity index (χ2v) is 5.16. The average molecular weight is 279 g/mol. The minimum Gasteiger partial charge on any atom is -0.392 e. The molecule has 0 saturated heterocycles. The summed E-state index contributed by atoms with van der Waals surface area (Å²) in [6.07, 6.45) is 1.56. The van der Waals surface area contributed by atoms with E-state index in [1.807, 2.05) is 24.3 Å². The number of anilines is 2. The summed E-state index contributed by atoms with van der Waals surface area (Å²) in [7, 11) is 0. The highest BCUT2D eigenvalue weighted by molar-refractivity contribution is 5.91. The van der Waals surface area contributed by atoms with Crippen LogP contribution in [0.4, 0.5) is 11.5 Å². The Labute approximate surface area is 123 Å². The first-order valence-electron chi connectivity index (χ1n) is 6.86. The zero-order chi connectivity index (χ0) is 14.8. The molecule has 0 amide bonds. The van der Waals surface area contributed by atoms with Crippen LogP contribution in [0.5, 0.6) is 0 Å². The van der Waals surface area contributed by atoms with Crippen molar-refractivity contribution in [2.24, 2.45) is 0 Å². The number of hydrogen-bond acceptors (Lipinski definition) is 4. The molecule has 1 aromatic heterocycles. The Balaban J connectivity index is 2.05. The van der Waals surface area contributed by atoms with Crippen molar-refractivity contribution in [1.82, 2.24) is 9.97 Å². The van der Waals surface area contributed by atoms with E-state index in [1.165, 1.54) is 11.1 Å². The quantitative estimate of drug-likeness (QED) is 0.770. The fourth-order valence-corrected chi connectivity index (χ4v) is 2.30. The van der Waals surface area contributed by atoms with Gasteiger partial charge in [-0.2, -0.15) is 0 Å². The number of aryl methyl sites for hydroxylation is 2. The van der Waals surface area contributed by atoms with Gasteiger partial charge < -0.3 is 10.4 Å². The van der Waals surface area contributed by atoms with Crippen LogP contribution in [0.25, 0.3) is 10.9 Å². The van der Waals surface area contributed by atoms with Gasteiger partial charge in [0.25, 0.3) is 0 Å². The van der Waals surface area contributed by atoms with Crippen LogP contribution in [-0.2, 0) is 6.61 Å². The van der Waals surface area contributed by atoms with Crippen LogP contribution in [0, 0.1) is 13.8 Å². The molecule has 2 aromatic carbocycles. The van der Waals surface area contributed by atoms with Crippen molar-refractivity contribution in [2.45, 2.75) is 20.5 Å². The minimum atomic E-state index is 0.0261. The summed E-state index contributed by atoms with van der Waals surface area (Å²) in [6, 6.07) is 11.8. The largest absolute Gasteiger partial charge is 0.392 e. The summed E-state index contributed by atoms with van der Waals surface area (Å²) >= 11 is 0. The van der Waals surface area contributed by atoms with Gasteiger partial charge >= 0.3 is 0 Å². The van der Waals surface area contributed by atoms with Gasteiger partial charge in [0, 0.05) is 11.1 Å². The molecule has 0 aliphatic carbocycles. The highest BCUT2D eigenvalue weighted by Crippen LogP contribution is 2.25. The van der Waals surface area contributed by atoms with E-state index in [4.69, 9.17) is 0 Å². The Morgan fingerprint density at radius 1 is 1.05 bits per heavy atom. The minimum absolute atomic E-state index is 0.0261. The molecule has 3 rings (SSSR count). The Bertz CT molecular complexity index is 799. The third-order valence-corrected chi connectivity index (χ3v) is 3.62. The normalized spacial score (nSPS) is 10.8. The van der Waals surface area contributed by atoms with E-state index in [0.717, 1.165) is 28.0 Å². The van der Waals surface area contributed by atoms with E-state index < -0.39 is 0 Å². The summed E-state index contributed by atoms with van der Waals surface area (Å²) in [5, 5.41) is 13.5. The van der Waals surface area contributed by atoms with Gasteiger partial charge in [0.05, 0.1) is 12.1 Å². The van der Waals surface area contributed by atoms with E-state index in [0.29, 0.717) is 0 Å². The Kier molecular flexibility index (Phi) is 3.54. The lowest BCUT2D eigenvalue weighted by Gasteiger charge is -2.10. The van der Waals surface area contributed by atoms with E-state index in [1.54, 1.807) is 6.33 Å². The molecule has 0 atom stereocenters. The van der Waals surface area contributed by atoms with Crippen LogP contribution in [-0.4, -0.2) is 15.1 Å². The molecule has 0 radical (unpaired) electrons. The van der Waals surface area contributed by atoms with Crippen molar-refractivity contribution in [1.29, 1.82) is 0 Å². The van der Waals surface area contributed by atoms with Gasteiger partial charge in [0.15, 0.2) is 0 Å². The second-order valence-electron chi connectivity index (χ2n) is 5.16. The second kappa shape index (κ2) is 5.50. The van der Waals surface area contributed by atoms with Crippen molar-refractivity contribution in [3.63, 3.8) is 0 Å². The number of nitrogens with zero attached hydrogens (tertiary/aromatic N) is 2. The molecule has 4 heteroatoms. The fraction of sp³-hybridized carbons (Fsp3) is 0.176. The molecular formula is C17H17N3O. The fourth-order valence-electron chi connectivity index (χ4n) is 2.30. The molecule has 3 aromatic rings. The van der Waals surface area contributed by atoms with Gasteiger partial charge in [-0.1, -0.05) is 12.1 Å². The maximum absolute atomic E-state index is 9.21. The third kappa shape index (κ3) is 2.71. The topological polar surface area (TPSA) is 58.0 Å². The van der Waals surface area contributed by atoms with Gasteiger partial charge in [0.2, 0.25) is 0 Å². The molecule has 106 valence electrons. The number of aliphatic hydroxyl groups excluding tert-OH is 1. The van der Waals surface area contributed by atoms with Crippen molar-refractivity contribution in [3.05, 3.63) is 59.4 Å². The standard InChI is InChI=1S/C17H17N3O/c1-11-6-15-16(7-12(11)2)18-10-19-17(15)20-14-5-3-4-13(8-14)9-21/h3-8,10,21H,9H2,1-2H3,(H,18,19,20). The van der Waals surface area contributed by atoms with Crippen molar-refractivity contribution in [2.75, 3.05) is 5.32 Å². The van der Waals surface area contributed by atoms with E-state index in [2.05, 4.69) is 41.3 Å². The average Bonchev–Trinajstić information content (AvgIpc) is 2.49. The van der Waals surface area contributed by atoms with Crippen LogP contribution >= 0.6 is 0 Å². The van der Waals surface area contributed by atoms with E-state index >= 15 is 0 Å². The summed E-state index contributed by atoms with van der Waals surface area (Å²) in [5.74, 6) is 0.776. The lowest BCUT2D eigenvalue weighted by Crippen LogP contribution is -1.97. The van der Waals surface area contributed by atoms with Crippen LogP contribution in [0.1, 0.15) is 16.7 Å². The van der Waals surface area contributed by atoms with Gasteiger partial charge in [-0.3, -0.25) is 0 Å². The molecule has 0 aliphatic rings. The Morgan fingerprint density at radius 2 is 1.86 bits per heavy atom. The summed E-state index contributed by atoms with van der Waals surface area (Å²) in [6.45, 7) is 4.19. The van der Waals surface area contributed by atoms with Gasteiger partial charge in [-0.25, -0.2) is 9.97 Å². The maximum Gasteiger partial charge on any atom is 0.141 e. The number of aliphatic hydroxyl groups is 1. The molecule has 0 unspecified atom stereocenters. The number of rotatable bonds is 3. The highest BCUT2D eigenvalue weighted by Gasteiger charge is 2.06. The van der Waals surface area contributed by atoms with Crippen LogP contribution in [0.2, 0.25) is 0 Å². The van der Waals surface area contributed by atoms with Crippen molar-refractivity contribution < 1.29 is 5.11 Å². The molecule has 2 N–H and O–H groups in total. The molecule has 0 bridgehead atoms. The smallest absolute Gasteiger partial charge is 0.141 e. The SMILES string of the molecule is Cc1cc2ncnc(Nc3cccc(CO)c3)c2cc1C. The summed E-state index contributed by atoms with van der Waals surface area (Å²) in [5.41, 5.74) is 5.12. The maximum atomic E-state index is 9.21. The predicted octanol–water partition coefficient (Wildman–Crippen LogP) is 3.48. The van der Waals surface area contributed by atoms with Crippen LogP contribution < -0.4 is 5.32 Å². The predicted molar refractivity (Wildman–Crippen MR) is 84.7 cm³/mol. The zero-order valence-corrected chi connectivity index (χ0v) is 12.1. The third-order valence-electron chi connectivity index (χ3n) is 3.62. The summed E-state index contributed by atoms with van der Waals surface area (Å²) in [4.78, 5) is 8.67. The molecule has 4 nitrogen and oxygen atoms in total. The van der Waals surface area contributed by atoms with Crippen LogP contribution in [0.15, 0.2) is 42.7 Å². The zero-order valence-electron chi connectivity index (χ0n) is 12.1.